The Morgan fingerprint density at radius 1 is 0.970 bits per heavy atom. The first kappa shape index (κ1) is 22.4. The first-order valence-electron chi connectivity index (χ1n) is 10.3. The van der Waals surface area contributed by atoms with Gasteiger partial charge in [0.05, 0.1) is 35.9 Å². The summed E-state index contributed by atoms with van der Waals surface area (Å²) in [5.41, 5.74) is 2.84. The second-order valence-corrected chi connectivity index (χ2v) is 7.55. The highest BCUT2D eigenvalue weighted by molar-refractivity contribution is 5.77. The number of halogens is 4. The van der Waals surface area contributed by atoms with Crippen molar-refractivity contribution in [3.8, 4) is 22.6 Å². The molecule has 0 radical (unpaired) electrons. The van der Waals surface area contributed by atoms with Crippen molar-refractivity contribution >= 4 is 5.95 Å². The number of imidazole rings is 1. The zero-order chi connectivity index (χ0) is 23.4. The number of nitrogens with zero attached hydrogens (tertiary/aromatic N) is 4. The summed E-state index contributed by atoms with van der Waals surface area (Å²) in [6, 6.07) is 16.9. The van der Waals surface area contributed by atoms with Crippen LogP contribution in [0.25, 0.3) is 22.6 Å². The van der Waals surface area contributed by atoms with E-state index in [1.807, 2.05) is 37.3 Å². The standard InChI is InChI=1S/C24H21F4N5/c1-16(17-5-3-2-4-6-17)31-23-29-13-11-20(32-23)22-21(18-7-9-19(25)10-8-18)30-15-33(22)14-12-24(26,27)28/h2-11,13,15-16H,12,14H2,1H3,(H,29,31,32)/t16-/m1/s1. The van der Waals surface area contributed by atoms with Crippen molar-refractivity contribution in [2.24, 2.45) is 0 Å². The molecule has 1 atom stereocenters. The summed E-state index contributed by atoms with van der Waals surface area (Å²) in [5, 5.41) is 3.22. The van der Waals surface area contributed by atoms with Gasteiger partial charge in [0.25, 0.3) is 0 Å². The average Bonchev–Trinajstić information content (AvgIpc) is 3.22. The lowest BCUT2D eigenvalue weighted by Gasteiger charge is -2.15. The SMILES string of the molecule is C[C@@H](Nc1nccc(-c2c(-c3ccc(F)cc3)ncn2CCC(F)(F)F)n1)c1ccccc1. The molecule has 0 aliphatic carbocycles. The normalized spacial score (nSPS) is 12.5. The highest BCUT2D eigenvalue weighted by Crippen LogP contribution is 2.32. The molecule has 4 rings (SSSR count). The fourth-order valence-corrected chi connectivity index (χ4v) is 3.47. The van der Waals surface area contributed by atoms with Crippen molar-refractivity contribution < 1.29 is 17.6 Å². The summed E-state index contributed by atoms with van der Waals surface area (Å²) in [6.45, 7) is 1.64. The maximum absolute atomic E-state index is 13.4. The van der Waals surface area contributed by atoms with Crippen molar-refractivity contribution in [1.29, 1.82) is 0 Å². The van der Waals surface area contributed by atoms with Gasteiger partial charge in [0, 0.05) is 18.3 Å². The first-order valence-corrected chi connectivity index (χ1v) is 10.3. The van der Waals surface area contributed by atoms with Crippen LogP contribution < -0.4 is 5.32 Å². The predicted molar refractivity (Wildman–Crippen MR) is 118 cm³/mol. The molecule has 2 aromatic heterocycles. The number of nitrogens with one attached hydrogen (secondary N) is 1. The largest absolute Gasteiger partial charge is 0.390 e. The number of alkyl halides is 3. The highest BCUT2D eigenvalue weighted by Gasteiger charge is 2.28. The van der Waals surface area contributed by atoms with Crippen LogP contribution >= 0.6 is 0 Å². The van der Waals surface area contributed by atoms with E-state index in [1.165, 1.54) is 41.4 Å². The molecule has 2 heterocycles. The molecule has 2 aromatic carbocycles. The zero-order valence-electron chi connectivity index (χ0n) is 17.7. The van der Waals surface area contributed by atoms with Crippen LogP contribution in [0.1, 0.15) is 24.9 Å². The molecule has 0 amide bonds. The second kappa shape index (κ2) is 9.40. The van der Waals surface area contributed by atoms with Crippen LogP contribution in [-0.4, -0.2) is 25.7 Å². The summed E-state index contributed by atoms with van der Waals surface area (Å²) in [5.74, 6) is -0.0855. The smallest absolute Gasteiger partial charge is 0.348 e. The van der Waals surface area contributed by atoms with Crippen molar-refractivity contribution in [2.45, 2.75) is 32.1 Å². The Bertz CT molecular complexity index is 1200. The molecule has 0 spiro atoms. The van der Waals surface area contributed by atoms with E-state index >= 15 is 0 Å². The molecule has 9 heteroatoms. The minimum Gasteiger partial charge on any atom is -0.348 e. The maximum Gasteiger partial charge on any atom is 0.390 e. The summed E-state index contributed by atoms with van der Waals surface area (Å²) < 4.78 is 53.6. The lowest BCUT2D eigenvalue weighted by molar-refractivity contribution is -0.136. The Balaban J connectivity index is 1.71. The van der Waals surface area contributed by atoms with E-state index in [0.717, 1.165) is 5.56 Å². The van der Waals surface area contributed by atoms with Crippen LogP contribution in [0.3, 0.4) is 0 Å². The van der Waals surface area contributed by atoms with Crippen LogP contribution in [0.2, 0.25) is 0 Å². The lowest BCUT2D eigenvalue weighted by atomic mass is 10.1. The van der Waals surface area contributed by atoms with Crippen molar-refractivity contribution in [1.82, 2.24) is 19.5 Å². The third-order valence-corrected chi connectivity index (χ3v) is 5.13. The molecular formula is C24H21F4N5. The second-order valence-electron chi connectivity index (χ2n) is 7.55. The molecule has 33 heavy (non-hydrogen) atoms. The van der Waals surface area contributed by atoms with Gasteiger partial charge in [-0.2, -0.15) is 13.2 Å². The van der Waals surface area contributed by atoms with E-state index in [4.69, 9.17) is 0 Å². The molecule has 0 saturated heterocycles. The quantitative estimate of drug-likeness (QED) is 0.334. The van der Waals surface area contributed by atoms with Crippen molar-refractivity contribution in [3.63, 3.8) is 0 Å². The molecular weight excluding hydrogens is 434 g/mol. The van der Waals surface area contributed by atoms with Gasteiger partial charge in [-0.15, -0.1) is 0 Å². The number of aryl methyl sites for hydroxylation is 1. The molecule has 170 valence electrons. The molecule has 0 bridgehead atoms. The van der Waals surface area contributed by atoms with E-state index in [-0.39, 0.29) is 12.6 Å². The summed E-state index contributed by atoms with van der Waals surface area (Å²) >= 11 is 0. The average molecular weight is 455 g/mol. The van der Waals surface area contributed by atoms with E-state index in [0.29, 0.717) is 28.6 Å². The Kier molecular flexibility index (Phi) is 6.39. The topological polar surface area (TPSA) is 55.6 Å². The molecule has 0 aliphatic rings. The number of benzene rings is 2. The minimum atomic E-state index is -4.32. The number of hydrogen-bond donors (Lipinski definition) is 1. The fourth-order valence-electron chi connectivity index (χ4n) is 3.47. The van der Waals surface area contributed by atoms with Gasteiger partial charge in [-0.25, -0.2) is 19.3 Å². The third kappa shape index (κ3) is 5.54. The van der Waals surface area contributed by atoms with E-state index in [1.54, 1.807) is 6.07 Å². The Hall–Kier alpha value is -3.75. The molecule has 4 aromatic rings. The predicted octanol–water partition coefficient (Wildman–Crippen LogP) is 6.27. The number of anilines is 1. The van der Waals surface area contributed by atoms with Crippen LogP contribution in [0.15, 0.2) is 73.2 Å². The van der Waals surface area contributed by atoms with E-state index in [2.05, 4.69) is 20.3 Å². The molecule has 0 fully saturated rings. The van der Waals surface area contributed by atoms with E-state index < -0.39 is 18.4 Å². The fraction of sp³-hybridized carbons (Fsp3) is 0.208. The molecule has 1 N–H and O–H groups in total. The van der Waals surface area contributed by atoms with Gasteiger partial charge in [0.15, 0.2) is 0 Å². The van der Waals surface area contributed by atoms with Crippen molar-refractivity contribution in [2.75, 3.05) is 5.32 Å². The van der Waals surface area contributed by atoms with Crippen LogP contribution in [-0.2, 0) is 6.54 Å². The third-order valence-electron chi connectivity index (χ3n) is 5.13. The molecule has 0 saturated carbocycles. The van der Waals surface area contributed by atoms with Gasteiger partial charge in [-0.3, -0.25) is 0 Å². The molecule has 0 aliphatic heterocycles. The lowest BCUT2D eigenvalue weighted by Crippen LogP contribution is -2.13. The monoisotopic (exact) mass is 455 g/mol. The molecule has 5 nitrogen and oxygen atoms in total. The summed E-state index contributed by atoms with van der Waals surface area (Å²) in [6.07, 6.45) is -2.44. The van der Waals surface area contributed by atoms with Crippen LogP contribution in [0.4, 0.5) is 23.5 Å². The maximum atomic E-state index is 13.4. The Labute approximate surface area is 188 Å². The van der Waals surface area contributed by atoms with Crippen LogP contribution in [0.5, 0.6) is 0 Å². The van der Waals surface area contributed by atoms with Crippen molar-refractivity contribution in [3.05, 3.63) is 84.6 Å². The van der Waals surface area contributed by atoms with Gasteiger partial charge < -0.3 is 9.88 Å². The number of rotatable bonds is 7. The Morgan fingerprint density at radius 3 is 2.39 bits per heavy atom. The van der Waals surface area contributed by atoms with Gasteiger partial charge >= 0.3 is 6.18 Å². The summed E-state index contributed by atoms with van der Waals surface area (Å²) in [4.78, 5) is 13.1. The minimum absolute atomic E-state index is 0.0897. The van der Waals surface area contributed by atoms with Gasteiger partial charge in [-0.1, -0.05) is 30.3 Å². The Morgan fingerprint density at radius 2 is 1.70 bits per heavy atom. The van der Waals surface area contributed by atoms with Gasteiger partial charge in [0.1, 0.15) is 5.82 Å². The van der Waals surface area contributed by atoms with E-state index in [9.17, 15) is 17.6 Å². The molecule has 0 unspecified atom stereocenters. The van der Waals surface area contributed by atoms with Gasteiger partial charge in [0.2, 0.25) is 5.95 Å². The zero-order valence-corrected chi connectivity index (χ0v) is 17.7. The first-order chi connectivity index (χ1) is 15.8. The van der Waals surface area contributed by atoms with Gasteiger partial charge in [-0.05, 0) is 42.8 Å². The summed E-state index contributed by atoms with van der Waals surface area (Å²) in [7, 11) is 0. The number of aromatic nitrogens is 4. The number of hydrogen-bond acceptors (Lipinski definition) is 4. The highest BCUT2D eigenvalue weighted by atomic mass is 19.4. The van der Waals surface area contributed by atoms with Crippen LogP contribution in [0, 0.1) is 5.82 Å².